The van der Waals surface area contributed by atoms with Gasteiger partial charge in [0, 0.05) is 60.8 Å². The molecule has 7 rings (SSSR count). The molecule has 5 N–H and O–H groups in total. The van der Waals surface area contributed by atoms with Crippen LogP contribution in [0.1, 0.15) is 35.7 Å². The summed E-state index contributed by atoms with van der Waals surface area (Å²) in [4.78, 5) is 43.7. The summed E-state index contributed by atoms with van der Waals surface area (Å²) >= 11 is 8.06. The Hall–Kier alpha value is -5.33. The Morgan fingerprint density at radius 3 is 2.63 bits per heavy atom. The molecule has 51 heavy (non-hydrogen) atoms. The van der Waals surface area contributed by atoms with Crippen molar-refractivity contribution in [2.24, 2.45) is 11.1 Å². The number of aliphatic hydroxyl groups excluding tert-OH is 1. The Morgan fingerprint density at radius 1 is 1.12 bits per heavy atom. The van der Waals surface area contributed by atoms with Gasteiger partial charge in [-0.2, -0.15) is 0 Å². The van der Waals surface area contributed by atoms with E-state index in [1.807, 2.05) is 12.3 Å². The number of nitrogens with zero attached hydrogens (tertiary/aromatic N) is 5. The number of ether oxygens (including phenoxy) is 1. The van der Waals surface area contributed by atoms with Gasteiger partial charge in [-0.3, -0.25) is 9.78 Å². The lowest BCUT2D eigenvalue weighted by Crippen LogP contribution is -2.44. The van der Waals surface area contributed by atoms with Crippen molar-refractivity contribution in [1.82, 2.24) is 19.9 Å². The number of piperidine rings is 1. The summed E-state index contributed by atoms with van der Waals surface area (Å²) in [5.41, 5.74) is 9.30. The second-order valence-corrected chi connectivity index (χ2v) is 14.1. The topological polar surface area (TPSA) is 167 Å². The zero-order valence-electron chi connectivity index (χ0n) is 27.8. The van der Waals surface area contributed by atoms with E-state index in [9.17, 15) is 19.8 Å². The number of pyridine rings is 1. The minimum Gasteiger partial charge on any atom is -0.508 e. The number of carbonyl (C=O) groups is 1. The third kappa shape index (κ3) is 6.41. The summed E-state index contributed by atoms with van der Waals surface area (Å²) < 4.78 is 5.24. The molecule has 0 radical (unpaired) electrons. The zero-order chi connectivity index (χ0) is 35.9. The van der Waals surface area contributed by atoms with E-state index in [1.165, 1.54) is 42.1 Å². The molecule has 4 heterocycles. The van der Waals surface area contributed by atoms with Gasteiger partial charge in [-0.05, 0) is 66.1 Å². The predicted octanol–water partition coefficient (Wildman–Crippen LogP) is 5.69. The lowest BCUT2D eigenvalue weighted by atomic mass is 9.73. The van der Waals surface area contributed by atoms with Gasteiger partial charge in [0.25, 0.3) is 5.91 Å². The number of aliphatic hydroxyl groups is 1. The third-order valence-electron chi connectivity index (χ3n) is 9.73. The second kappa shape index (κ2) is 13.8. The molecule has 12 nitrogen and oxygen atoms in total. The number of methoxy groups -OCH3 is 1. The minimum absolute atomic E-state index is 0.0138. The van der Waals surface area contributed by atoms with Crippen molar-refractivity contribution >= 4 is 52.3 Å². The van der Waals surface area contributed by atoms with E-state index in [0.29, 0.717) is 21.2 Å². The number of amides is 1. The molecular formula is C37H34ClN7O5S. The zero-order valence-corrected chi connectivity index (χ0v) is 29.3. The van der Waals surface area contributed by atoms with Crippen LogP contribution in [0, 0.1) is 5.41 Å². The number of phenols is 1. The monoisotopic (exact) mass is 723 g/mol. The number of phenolic OH excluding ortho intramolecular Hbond substituents is 1. The molecule has 1 aliphatic carbocycles. The van der Waals surface area contributed by atoms with Gasteiger partial charge in [-0.25, -0.2) is 14.8 Å². The molecule has 1 fully saturated rings. The van der Waals surface area contributed by atoms with Crippen molar-refractivity contribution < 1.29 is 24.5 Å². The quantitative estimate of drug-likeness (QED) is 0.173. The largest absolute Gasteiger partial charge is 0.508 e. The average Bonchev–Trinajstić information content (AvgIpc) is 3.40. The number of benzene rings is 2. The molecule has 2 aromatic heterocycles. The lowest BCUT2D eigenvalue weighted by Gasteiger charge is -2.42. The SMILES string of the molecule is COc1cc(O)cc(C2=CN(C)C(=C=O)C(C(=O)Nc3cccc(Sc4cnc(N5CCC6(CC5)Cc5ncccc5[C@H]6N)cn4)c3Cl)=C2O)c1. The number of aromatic nitrogens is 3. The minimum atomic E-state index is -0.786. The van der Waals surface area contributed by atoms with Crippen molar-refractivity contribution in [3.8, 4) is 11.5 Å². The van der Waals surface area contributed by atoms with Crippen molar-refractivity contribution in [2.75, 3.05) is 37.5 Å². The van der Waals surface area contributed by atoms with Crippen molar-refractivity contribution in [2.45, 2.75) is 35.2 Å². The maximum absolute atomic E-state index is 13.7. The molecule has 2 aromatic carbocycles. The van der Waals surface area contributed by atoms with Crippen LogP contribution in [0.25, 0.3) is 5.57 Å². The predicted molar refractivity (Wildman–Crippen MR) is 194 cm³/mol. The van der Waals surface area contributed by atoms with E-state index in [2.05, 4.69) is 26.3 Å². The summed E-state index contributed by atoms with van der Waals surface area (Å²) in [6.45, 7) is 1.64. The molecule has 0 bridgehead atoms. The molecular weight excluding hydrogens is 690 g/mol. The summed E-state index contributed by atoms with van der Waals surface area (Å²) in [5, 5.41) is 25.0. The Kier molecular flexibility index (Phi) is 9.21. The number of rotatable bonds is 7. The molecule has 260 valence electrons. The van der Waals surface area contributed by atoms with Gasteiger partial charge in [0.1, 0.15) is 39.4 Å². The fraction of sp³-hybridized carbons (Fsp3) is 0.243. The number of halogens is 1. The molecule has 1 spiro atoms. The summed E-state index contributed by atoms with van der Waals surface area (Å²) in [5.74, 6) is 1.49. The Bertz CT molecular complexity index is 2140. The molecule has 0 saturated carbocycles. The number of allylic oxidation sites excluding steroid dienone is 1. The van der Waals surface area contributed by atoms with Crippen molar-refractivity contribution in [1.29, 1.82) is 0 Å². The van der Waals surface area contributed by atoms with Crippen LogP contribution in [0.15, 0.2) is 100 Å². The first-order valence-electron chi connectivity index (χ1n) is 16.2. The van der Waals surface area contributed by atoms with Crippen LogP contribution in [0.5, 0.6) is 11.5 Å². The molecule has 3 aliphatic rings. The van der Waals surface area contributed by atoms with Crippen LogP contribution in [-0.2, 0) is 16.0 Å². The summed E-state index contributed by atoms with van der Waals surface area (Å²) in [6.07, 6.45) is 9.52. The van der Waals surface area contributed by atoms with Gasteiger partial charge in [0.15, 0.2) is 5.94 Å². The number of carbonyl (C=O) groups excluding carboxylic acids is 2. The van der Waals surface area contributed by atoms with Gasteiger partial charge in [-0.15, -0.1) is 0 Å². The maximum Gasteiger partial charge on any atom is 0.262 e. The fourth-order valence-corrected chi connectivity index (χ4v) is 8.05. The Balaban J connectivity index is 1.05. The Labute approximate surface area is 303 Å². The van der Waals surface area contributed by atoms with Crippen LogP contribution >= 0.6 is 23.4 Å². The number of nitrogens with one attached hydrogen (secondary N) is 1. The maximum atomic E-state index is 13.7. The van der Waals surface area contributed by atoms with Gasteiger partial charge in [0.05, 0.1) is 30.2 Å². The van der Waals surface area contributed by atoms with Crippen LogP contribution in [-0.4, -0.2) is 69.2 Å². The number of anilines is 2. The van der Waals surface area contributed by atoms with E-state index in [1.54, 1.807) is 49.6 Å². The van der Waals surface area contributed by atoms with Gasteiger partial charge >= 0.3 is 0 Å². The number of nitrogens with two attached hydrogens (primary N) is 1. The molecule has 1 amide bonds. The smallest absolute Gasteiger partial charge is 0.262 e. The van der Waals surface area contributed by atoms with E-state index >= 15 is 0 Å². The van der Waals surface area contributed by atoms with E-state index in [4.69, 9.17) is 27.1 Å². The molecule has 1 atom stereocenters. The van der Waals surface area contributed by atoms with Crippen molar-refractivity contribution in [3.05, 3.63) is 112 Å². The van der Waals surface area contributed by atoms with Crippen LogP contribution in [0.2, 0.25) is 5.02 Å². The first-order chi connectivity index (χ1) is 24.6. The third-order valence-corrected chi connectivity index (χ3v) is 11.2. The Morgan fingerprint density at radius 2 is 1.92 bits per heavy atom. The van der Waals surface area contributed by atoms with E-state index in [0.717, 1.165) is 49.4 Å². The number of aromatic hydroxyl groups is 1. The van der Waals surface area contributed by atoms with Crippen LogP contribution in [0.3, 0.4) is 0 Å². The summed E-state index contributed by atoms with van der Waals surface area (Å²) in [6, 6.07) is 13.5. The highest BCUT2D eigenvalue weighted by atomic mass is 35.5. The van der Waals surface area contributed by atoms with E-state index in [-0.39, 0.29) is 44.8 Å². The number of likely N-dealkylation sites (N-methyl/N-ethyl adjacent to an activating group) is 1. The van der Waals surface area contributed by atoms with Gasteiger partial charge in [0.2, 0.25) is 0 Å². The van der Waals surface area contributed by atoms with Crippen molar-refractivity contribution in [3.63, 3.8) is 0 Å². The highest BCUT2D eigenvalue weighted by molar-refractivity contribution is 7.99. The fourth-order valence-electron chi connectivity index (χ4n) is 6.98. The number of hydrogen-bond acceptors (Lipinski definition) is 12. The lowest BCUT2D eigenvalue weighted by molar-refractivity contribution is -0.112. The number of fused-ring (bicyclic) bond motifs is 1. The second-order valence-electron chi connectivity index (χ2n) is 12.7. The van der Waals surface area contributed by atoms with E-state index < -0.39 is 11.7 Å². The summed E-state index contributed by atoms with van der Waals surface area (Å²) in [7, 11) is 2.98. The molecule has 1 saturated heterocycles. The van der Waals surface area contributed by atoms with Crippen LogP contribution < -0.4 is 20.7 Å². The first-order valence-corrected chi connectivity index (χ1v) is 17.4. The first kappa shape index (κ1) is 34.1. The van der Waals surface area contributed by atoms with Gasteiger partial charge < -0.3 is 35.8 Å². The molecule has 2 aliphatic heterocycles. The molecule has 0 unspecified atom stereocenters. The molecule has 4 aromatic rings. The van der Waals surface area contributed by atoms with Gasteiger partial charge in [-0.1, -0.05) is 35.5 Å². The molecule has 14 heteroatoms. The average molecular weight is 724 g/mol. The van der Waals surface area contributed by atoms with Crippen LogP contribution in [0.4, 0.5) is 11.5 Å². The standard InChI is InChI=1S/C37H34ClN7O5S/c1-44-19-25(21-13-22(47)15-23(14-21)50-2)34(48)32(28(44)20-46)36(49)43-26-6-3-7-29(33(26)38)51-31-18-41-30(17-42-31)45-11-8-37(9-12-45)16-27-24(35(37)39)5-4-10-40-27/h3-7,10,13-15,17-19,35,47-48H,8-9,11-12,16,39H2,1-2H3,(H,43,49)/t35-/m1/s1. The normalized spacial score (nSPS) is 18.0. The highest BCUT2D eigenvalue weighted by Gasteiger charge is 2.46. The highest BCUT2D eigenvalue weighted by Crippen LogP contribution is 2.50. The number of hydrogen-bond donors (Lipinski definition) is 4.